The number of rotatable bonds is 8. The van der Waals surface area contributed by atoms with Crippen LogP contribution in [0.3, 0.4) is 0 Å². The van der Waals surface area contributed by atoms with Gasteiger partial charge in [-0.3, -0.25) is 0 Å². The van der Waals surface area contributed by atoms with Gasteiger partial charge in [0.1, 0.15) is 5.76 Å². The fraction of sp³-hybridized carbons (Fsp3) is 0.560. The first kappa shape index (κ1) is 21.8. The molecule has 2 fully saturated rings. The van der Waals surface area contributed by atoms with Gasteiger partial charge in [0.05, 0.1) is 16.4 Å². The maximum atomic E-state index is 6.26. The van der Waals surface area contributed by atoms with Gasteiger partial charge in [-0.25, -0.2) is 0 Å². The van der Waals surface area contributed by atoms with Gasteiger partial charge in [0.15, 0.2) is 0 Å². The first-order chi connectivity index (χ1) is 14.2. The molecule has 2 aromatic rings. The van der Waals surface area contributed by atoms with E-state index in [1.54, 1.807) is 6.07 Å². The van der Waals surface area contributed by atoms with E-state index in [1.165, 1.54) is 43.4 Å². The quantitative estimate of drug-likeness (QED) is 0.442. The molecule has 4 rings (SSSR count). The highest BCUT2D eigenvalue weighted by molar-refractivity contribution is 6.36. The van der Waals surface area contributed by atoms with E-state index >= 15 is 0 Å². The number of halogens is 2. The van der Waals surface area contributed by atoms with Crippen LogP contribution in [-0.4, -0.2) is 5.16 Å². The van der Waals surface area contributed by atoms with Crippen molar-refractivity contribution in [3.05, 3.63) is 57.5 Å². The number of anilines is 1. The molecule has 162 valence electrons. The normalized spacial score (nSPS) is 21.4. The summed E-state index contributed by atoms with van der Waals surface area (Å²) in [5, 5.41) is 9.03. The average molecular weight is 447 g/mol. The summed E-state index contributed by atoms with van der Waals surface area (Å²) in [5.74, 6) is 3.21. The Labute approximate surface area is 190 Å². The van der Waals surface area contributed by atoms with Gasteiger partial charge in [0.2, 0.25) is 0 Å². The number of hydrogen-bond acceptors (Lipinski definition) is 3. The summed E-state index contributed by atoms with van der Waals surface area (Å²) in [7, 11) is 0. The van der Waals surface area contributed by atoms with Gasteiger partial charge in [-0.2, -0.15) is 0 Å². The van der Waals surface area contributed by atoms with Gasteiger partial charge in [-0.05, 0) is 80.4 Å². The maximum absolute atomic E-state index is 6.26. The third kappa shape index (κ3) is 5.23. The van der Waals surface area contributed by atoms with Crippen LogP contribution in [0.25, 0.3) is 0 Å². The van der Waals surface area contributed by atoms with Crippen molar-refractivity contribution >= 4 is 28.9 Å². The van der Waals surface area contributed by atoms with Gasteiger partial charge in [0, 0.05) is 22.2 Å². The summed E-state index contributed by atoms with van der Waals surface area (Å²) in [6, 6.07) is 5.44. The number of aromatic nitrogens is 1. The number of allylic oxidation sites excluding steroid dienone is 1. The maximum Gasteiger partial charge on any atom is 0.143 e. The Balaban J connectivity index is 1.36. The fourth-order valence-electron chi connectivity index (χ4n) is 4.72. The van der Waals surface area contributed by atoms with Crippen molar-refractivity contribution in [1.29, 1.82) is 0 Å². The number of aryl methyl sites for hydroxylation is 1. The minimum Gasteiger partial charge on any atom is -0.361 e. The van der Waals surface area contributed by atoms with Crippen molar-refractivity contribution in [2.24, 2.45) is 11.3 Å². The van der Waals surface area contributed by atoms with E-state index in [9.17, 15) is 0 Å². The zero-order valence-electron chi connectivity index (χ0n) is 18.2. The third-order valence-corrected chi connectivity index (χ3v) is 6.78. The van der Waals surface area contributed by atoms with E-state index in [0.29, 0.717) is 27.3 Å². The van der Waals surface area contributed by atoms with E-state index in [1.807, 2.05) is 12.1 Å². The summed E-state index contributed by atoms with van der Waals surface area (Å²) in [6.45, 7) is 11.2. The van der Waals surface area contributed by atoms with Crippen molar-refractivity contribution in [2.75, 3.05) is 5.32 Å². The number of nitrogens with zero attached hydrogens (tertiary/aromatic N) is 1. The van der Waals surface area contributed by atoms with Crippen LogP contribution in [0, 0.1) is 11.3 Å². The second-order valence-electron chi connectivity index (χ2n) is 10.3. The van der Waals surface area contributed by atoms with Gasteiger partial charge >= 0.3 is 0 Å². The van der Waals surface area contributed by atoms with Crippen LogP contribution in [-0.2, 0) is 6.42 Å². The second-order valence-corrected chi connectivity index (χ2v) is 11.2. The largest absolute Gasteiger partial charge is 0.361 e. The molecule has 0 atom stereocenters. The molecule has 30 heavy (non-hydrogen) atoms. The Kier molecular flexibility index (Phi) is 6.23. The van der Waals surface area contributed by atoms with E-state index in [0.717, 1.165) is 35.8 Å². The minimum atomic E-state index is 0.405. The Morgan fingerprint density at radius 3 is 2.57 bits per heavy atom. The molecule has 1 aromatic carbocycles. The Morgan fingerprint density at radius 2 is 1.93 bits per heavy atom. The molecule has 0 spiro atoms. The lowest BCUT2D eigenvalue weighted by Crippen LogP contribution is -2.26. The highest BCUT2D eigenvalue weighted by Gasteiger charge is 2.40. The number of hydrogen-bond donors (Lipinski definition) is 1. The highest BCUT2D eigenvalue weighted by atomic mass is 35.5. The van der Waals surface area contributed by atoms with Crippen LogP contribution < -0.4 is 5.32 Å². The lowest BCUT2D eigenvalue weighted by atomic mass is 9.67. The van der Waals surface area contributed by atoms with Gasteiger partial charge in [0.25, 0.3) is 0 Å². The molecular formula is C25H32Cl2N2O. The molecule has 0 amide bonds. The SMILES string of the molecule is C=C(CCc1noc(C2CC(CC(C)(C)C)C2)c1C1CC1)Nc1ccc(Cl)cc1Cl. The molecular weight excluding hydrogens is 415 g/mol. The van der Waals surface area contributed by atoms with Gasteiger partial charge in [-0.1, -0.05) is 55.7 Å². The third-order valence-electron chi connectivity index (χ3n) is 6.23. The summed E-state index contributed by atoms with van der Waals surface area (Å²) in [5.41, 5.74) is 4.68. The zero-order chi connectivity index (χ0) is 21.5. The first-order valence-electron chi connectivity index (χ1n) is 11.1. The smallest absolute Gasteiger partial charge is 0.143 e. The first-order valence-corrected chi connectivity index (χ1v) is 11.8. The fourth-order valence-corrected chi connectivity index (χ4v) is 5.18. The molecule has 0 radical (unpaired) electrons. The monoisotopic (exact) mass is 446 g/mol. The molecule has 0 bridgehead atoms. The average Bonchev–Trinajstić information content (AvgIpc) is 3.37. The lowest BCUT2D eigenvalue weighted by Gasteiger charge is -2.38. The van der Waals surface area contributed by atoms with E-state index in [-0.39, 0.29) is 0 Å². The van der Waals surface area contributed by atoms with Gasteiger partial charge in [-0.15, -0.1) is 0 Å². The summed E-state index contributed by atoms with van der Waals surface area (Å²) in [4.78, 5) is 0. The van der Waals surface area contributed by atoms with Gasteiger partial charge < -0.3 is 9.84 Å². The topological polar surface area (TPSA) is 38.1 Å². The summed E-state index contributed by atoms with van der Waals surface area (Å²) in [6.07, 6.45) is 7.94. The van der Waals surface area contributed by atoms with Crippen molar-refractivity contribution in [3.8, 4) is 0 Å². The Hall–Kier alpha value is -1.45. The van der Waals surface area contributed by atoms with Crippen LogP contribution in [0.1, 0.15) is 88.1 Å². The molecule has 1 aromatic heterocycles. The predicted octanol–water partition coefficient (Wildman–Crippen LogP) is 8.35. The van der Waals surface area contributed by atoms with Crippen molar-refractivity contribution < 1.29 is 4.52 Å². The molecule has 2 aliphatic rings. The summed E-state index contributed by atoms with van der Waals surface area (Å²) >= 11 is 12.2. The number of benzene rings is 1. The lowest BCUT2D eigenvalue weighted by molar-refractivity contribution is 0.158. The van der Waals surface area contributed by atoms with Crippen LogP contribution in [0.5, 0.6) is 0 Å². The molecule has 2 aliphatic carbocycles. The highest BCUT2D eigenvalue weighted by Crippen LogP contribution is 2.52. The Morgan fingerprint density at radius 1 is 1.20 bits per heavy atom. The van der Waals surface area contributed by atoms with Crippen LogP contribution in [0.15, 0.2) is 35.0 Å². The predicted molar refractivity (Wildman–Crippen MR) is 126 cm³/mol. The second kappa shape index (κ2) is 8.59. The molecule has 0 unspecified atom stereocenters. The molecule has 1 N–H and O–H groups in total. The molecule has 1 heterocycles. The van der Waals surface area contributed by atoms with Crippen molar-refractivity contribution in [3.63, 3.8) is 0 Å². The van der Waals surface area contributed by atoms with E-state index in [2.05, 4.69) is 37.8 Å². The molecule has 2 saturated carbocycles. The van der Waals surface area contributed by atoms with Crippen LogP contribution in [0.4, 0.5) is 5.69 Å². The van der Waals surface area contributed by atoms with Crippen molar-refractivity contribution in [2.45, 2.75) is 77.6 Å². The van der Waals surface area contributed by atoms with E-state index < -0.39 is 0 Å². The summed E-state index contributed by atoms with van der Waals surface area (Å²) < 4.78 is 5.93. The Bertz CT molecular complexity index is 918. The van der Waals surface area contributed by atoms with E-state index in [4.69, 9.17) is 27.7 Å². The molecule has 0 saturated heterocycles. The van der Waals surface area contributed by atoms with Crippen LogP contribution in [0.2, 0.25) is 10.0 Å². The van der Waals surface area contributed by atoms with Crippen LogP contribution >= 0.6 is 23.2 Å². The number of nitrogens with one attached hydrogen (secondary N) is 1. The molecule has 5 heteroatoms. The molecule has 0 aliphatic heterocycles. The van der Waals surface area contributed by atoms with Crippen molar-refractivity contribution in [1.82, 2.24) is 5.16 Å². The molecule has 3 nitrogen and oxygen atoms in total. The standard InChI is InChI=1S/C25H32Cl2N2O/c1-15(28-21-10-8-19(26)13-20(21)27)5-9-22-23(17-6-7-17)24(30-29-22)18-11-16(12-18)14-25(2,3)4/h8,10,13,16-18,28H,1,5-7,9,11-12,14H2,2-4H3. The minimum absolute atomic E-state index is 0.405. The zero-order valence-corrected chi connectivity index (χ0v) is 19.7.